The first-order valence-corrected chi connectivity index (χ1v) is 6.50. The standard InChI is InChI=1S/C12H15BrN4O/c1-3-14-5-9-4-10(13)6-15-12(9)18-11-7-16-17(2)8-11/h4,6-8,14H,3,5H2,1-2H3. The summed E-state index contributed by atoms with van der Waals surface area (Å²) < 4.78 is 8.36. The molecule has 0 saturated heterocycles. The molecular formula is C12H15BrN4O. The molecule has 0 bridgehead atoms. The number of hydrogen-bond acceptors (Lipinski definition) is 4. The van der Waals surface area contributed by atoms with Crippen LogP contribution in [0, 0.1) is 0 Å². The van der Waals surface area contributed by atoms with Crippen LogP contribution in [0.3, 0.4) is 0 Å². The van der Waals surface area contributed by atoms with E-state index in [1.807, 2.05) is 13.1 Å². The molecule has 0 spiro atoms. The van der Waals surface area contributed by atoms with E-state index in [2.05, 4.69) is 38.3 Å². The van der Waals surface area contributed by atoms with Crippen molar-refractivity contribution in [2.45, 2.75) is 13.5 Å². The topological polar surface area (TPSA) is 52.0 Å². The third-order valence-electron chi connectivity index (χ3n) is 2.35. The molecule has 1 N–H and O–H groups in total. The number of nitrogens with one attached hydrogen (secondary N) is 1. The van der Waals surface area contributed by atoms with Gasteiger partial charge in [-0.1, -0.05) is 6.92 Å². The second-order valence-electron chi connectivity index (χ2n) is 3.85. The number of nitrogens with zero attached hydrogens (tertiary/aromatic N) is 3. The predicted octanol–water partition coefficient (Wildman–Crippen LogP) is 2.48. The Kier molecular flexibility index (Phi) is 4.33. The van der Waals surface area contributed by atoms with Crippen molar-refractivity contribution in [3.8, 4) is 11.6 Å². The van der Waals surface area contributed by atoms with Gasteiger partial charge >= 0.3 is 0 Å². The van der Waals surface area contributed by atoms with Crippen molar-refractivity contribution in [3.05, 3.63) is 34.7 Å². The van der Waals surface area contributed by atoms with Gasteiger partial charge in [0.15, 0.2) is 5.75 Å². The van der Waals surface area contributed by atoms with Crippen molar-refractivity contribution in [2.24, 2.45) is 7.05 Å². The minimum atomic E-state index is 0.604. The fraction of sp³-hybridized carbons (Fsp3) is 0.333. The van der Waals surface area contributed by atoms with Gasteiger partial charge in [-0.15, -0.1) is 0 Å². The van der Waals surface area contributed by atoms with Gasteiger partial charge in [0, 0.05) is 29.8 Å². The Hall–Kier alpha value is -1.40. The van der Waals surface area contributed by atoms with Gasteiger partial charge in [-0.05, 0) is 28.5 Å². The molecule has 5 nitrogen and oxygen atoms in total. The fourth-order valence-electron chi connectivity index (χ4n) is 1.51. The smallest absolute Gasteiger partial charge is 0.223 e. The van der Waals surface area contributed by atoms with E-state index in [0.29, 0.717) is 11.6 Å². The number of ether oxygens (including phenoxy) is 1. The molecule has 18 heavy (non-hydrogen) atoms. The summed E-state index contributed by atoms with van der Waals surface area (Å²) in [5, 5.41) is 7.32. The predicted molar refractivity (Wildman–Crippen MR) is 72.6 cm³/mol. The average Bonchev–Trinajstić information content (AvgIpc) is 2.75. The Labute approximate surface area is 114 Å². The molecule has 2 aromatic rings. The lowest BCUT2D eigenvalue weighted by Gasteiger charge is -2.09. The highest BCUT2D eigenvalue weighted by molar-refractivity contribution is 9.10. The zero-order chi connectivity index (χ0) is 13.0. The minimum Gasteiger partial charge on any atom is -0.435 e. The number of pyridine rings is 1. The van der Waals surface area contributed by atoms with Crippen LogP contribution in [0.2, 0.25) is 0 Å². The summed E-state index contributed by atoms with van der Waals surface area (Å²) in [6, 6.07) is 2.00. The second kappa shape index (κ2) is 5.97. The molecule has 0 aliphatic heterocycles. The molecule has 0 atom stereocenters. The third-order valence-corrected chi connectivity index (χ3v) is 2.79. The number of halogens is 1. The lowest BCUT2D eigenvalue weighted by Crippen LogP contribution is -2.12. The van der Waals surface area contributed by atoms with Crippen LogP contribution in [0.1, 0.15) is 12.5 Å². The lowest BCUT2D eigenvalue weighted by atomic mass is 10.2. The molecule has 0 aliphatic rings. The summed E-state index contributed by atoms with van der Waals surface area (Å²) in [6.45, 7) is 3.68. The van der Waals surface area contributed by atoms with E-state index in [9.17, 15) is 0 Å². The maximum Gasteiger partial charge on any atom is 0.223 e. The normalized spacial score (nSPS) is 10.6. The van der Waals surface area contributed by atoms with Crippen molar-refractivity contribution >= 4 is 15.9 Å². The highest BCUT2D eigenvalue weighted by Crippen LogP contribution is 2.24. The van der Waals surface area contributed by atoms with Crippen LogP contribution in [0.15, 0.2) is 29.1 Å². The molecule has 0 aromatic carbocycles. The first-order valence-electron chi connectivity index (χ1n) is 5.70. The summed E-state index contributed by atoms with van der Waals surface area (Å²) >= 11 is 3.42. The van der Waals surface area contributed by atoms with Crippen molar-refractivity contribution in [3.63, 3.8) is 0 Å². The number of aromatic nitrogens is 3. The fourth-order valence-corrected chi connectivity index (χ4v) is 1.89. The van der Waals surface area contributed by atoms with E-state index in [1.165, 1.54) is 0 Å². The van der Waals surface area contributed by atoms with Gasteiger partial charge in [0.05, 0.1) is 12.4 Å². The summed E-state index contributed by atoms with van der Waals surface area (Å²) in [4.78, 5) is 4.29. The Morgan fingerprint density at radius 2 is 2.28 bits per heavy atom. The summed E-state index contributed by atoms with van der Waals surface area (Å²) in [5.41, 5.74) is 1.01. The van der Waals surface area contributed by atoms with E-state index in [4.69, 9.17) is 4.74 Å². The zero-order valence-corrected chi connectivity index (χ0v) is 11.9. The molecule has 0 amide bonds. The highest BCUT2D eigenvalue weighted by atomic mass is 79.9. The van der Waals surface area contributed by atoms with Crippen molar-refractivity contribution in [2.75, 3.05) is 6.54 Å². The first kappa shape index (κ1) is 13.0. The molecule has 0 unspecified atom stereocenters. The van der Waals surface area contributed by atoms with Crippen molar-refractivity contribution in [1.29, 1.82) is 0 Å². The van der Waals surface area contributed by atoms with E-state index in [0.717, 1.165) is 23.1 Å². The largest absolute Gasteiger partial charge is 0.435 e. The second-order valence-corrected chi connectivity index (χ2v) is 4.77. The molecular weight excluding hydrogens is 296 g/mol. The molecule has 0 saturated carbocycles. The molecule has 6 heteroatoms. The molecule has 96 valence electrons. The van der Waals surface area contributed by atoms with Crippen molar-refractivity contribution < 1.29 is 4.74 Å². The van der Waals surface area contributed by atoms with Gasteiger partial charge in [0.1, 0.15) is 0 Å². The highest BCUT2D eigenvalue weighted by Gasteiger charge is 2.08. The van der Waals surface area contributed by atoms with E-state index in [-0.39, 0.29) is 0 Å². The Balaban J connectivity index is 2.20. The van der Waals surface area contributed by atoms with Crippen LogP contribution in [-0.4, -0.2) is 21.3 Å². The van der Waals surface area contributed by atoms with Gasteiger partial charge in [0.2, 0.25) is 5.88 Å². The van der Waals surface area contributed by atoms with E-state index in [1.54, 1.807) is 23.3 Å². The quantitative estimate of drug-likeness (QED) is 0.922. The number of rotatable bonds is 5. The van der Waals surface area contributed by atoms with Gasteiger partial charge in [0.25, 0.3) is 0 Å². The molecule has 2 heterocycles. The van der Waals surface area contributed by atoms with Gasteiger partial charge in [-0.2, -0.15) is 5.10 Å². The monoisotopic (exact) mass is 310 g/mol. The Morgan fingerprint density at radius 1 is 1.44 bits per heavy atom. The zero-order valence-electron chi connectivity index (χ0n) is 10.4. The van der Waals surface area contributed by atoms with Crippen LogP contribution in [0.25, 0.3) is 0 Å². The minimum absolute atomic E-state index is 0.604. The third kappa shape index (κ3) is 3.30. The van der Waals surface area contributed by atoms with Crippen LogP contribution in [-0.2, 0) is 13.6 Å². The van der Waals surface area contributed by atoms with Gasteiger partial charge in [-0.3, -0.25) is 4.68 Å². The van der Waals surface area contributed by atoms with Crippen LogP contribution >= 0.6 is 15.9 Å². The summed E-state index contributed by atoms with van der Waals surface area (Å²) in [7, 11) is 1.85. The number of hydrogen-bond donors (Lipinski definition) is 1. The van der Waals surface area contributed by atoms with Crippen LogP contribution in [0.4, 0.5) is 0 Å². The summed E-state index contributed by atoms with van der Waals surface area (Å²) in [5.74, 6) is 1.29. The Morgan fingerprint density at radius 3 is 2.94 bits per heavy atom. The molecule has 2 rings (SSSR count). The summed E-state index contributed by atoms with van der Waals surface area (Å²) in [6.07, 6.45) is 5.20. The lowest BCUT2D eigenvalue weighted by molar-refractivity contribution is 0.452. The molecule has 0 fully saturated rings. The molecule has 0 radical (unpaired) electrons. The van der Waals surface area contributed by atoms with Crippen LogP contribution < -0.4 is 10.1 Å². The molecule has 0 aliphatic carbocycles. The van der Waals surface area contributed by atoms with Crippen molar-refractivity contribution in [1.82, 2.24) is 20.1 Å². The Bertz CT molecular complexity index is 527. The molecule has 2 aromatic heterocycles. The van der Waals surface area contributed by atoms with E-state index < -0.39 is 0 Å². The van der Waals surface area contributed by atoms with Crippen LogP contribution in [0.5, 0.6) is 11.6 Å². The van der Waals surface area contributed by atoms with Gasteiger partial charge < -0.3 is 10.1 Å². The average molecular weight is 311 g/mol. The first-order chi connectivity index (χ1) is 8.69. The van der Waals surface area contributed by atoms with E-state index >= 15 is 0 Å². The maximum absolute atomic E-state index is 5.73. The maximum atomic E-state index is 5.73. The number of aryl methyl sites for hydroxylation is 1. The van der Waals surface area contributed by atoms with Gasteiger partial charge in [-0.25, -0.2) is 4.98 Å². The SMILES string of the molecule is CCNCc1cc(Br)cnc1Oc1cnn(C)c1.